The summed E-state index contributed by atoms with van der Waals surface area (Å²) in [5, 5.41) is 2.98. The molecule has 7 nitrogen and oxygen atoms in total. The molecule has 2 N–H and O–H groups in total. The second-order valence-electron chi connectivity index (χ2n) is 7.26. The van der Waals surface area contributed by atoms with Crippen molar-refractivity contribution < 1.29 is 13.2 Å². The van der Waals surface area contributed by atoms with E-state index in [1.54, 1.807) is 12.4 Å². The first-order valence-electron chi connectivity index (χ1n) is 9.17. The molecule has 0 aliphatic rings. The Morgan fingerprint density at radius 1 is 1.10 bits per heavy atom. The van der Waals surface area contributed by atoms with Gasteiger partial charge in [0.2, 0.25) is 5.95 Å². The van der Waals surface area contributed by atoms with Crippen LogP contribution < -0.4 is 5.32 Å². The van der Waals surface area contributed by atoms with Gasteiger partial charge in [-0.2, -0.15) is 18.2 Å². The highest BCUT2D eigenvalue weighted by Crippen LogP contribution is 2.31. The molecule has 0 saturated carbocycles. The summed E-state index contributed by atoms with van der Waals surface area (Å²) in [6, 6.07) is 0.483. The first-order chi connectivity index (χ1) is 13.6. The number of nitrogens with one attached hydrogen (secondary N) is 2. The van der Waals surface area contributed by atoms with Gasteiger partial charge in [0.05, 0.1) is 5.52 Å². The number of aryl methyl sites for hydroxylation is 1. The number of alkyl halides is 3. The summed E-state index contributed by atoms with van der Waals surface area (Å²) in [5.74, 6) is 0.800. The molecule has 0 aliphatic carbocycles. The Morgan fingerprint density at radius 3 is 2.55 bits per heavy atom. The van der Waals surface area contributed by atoms with Crippen LogP contribution in [0.2, 0.25) is 0 Å². The molecular formula is C19H20F3N7. The van der Waals surface area contributed by atoms with Crippen LogP contribution in [0.15, 0.2) is 24.7 Å². The molecule has 0 aromatic carbocycles. The molecule has 0 saturated heterocycles. The average molecular weight is 403 g/mol. The topological polar surface area (TPSA) is 84.3 Å². The predicted molar refractivity (Wildman–Crippen MR) is 105 cm³/mol. The van der Waals surface area contributed by atoms with Crippen LogP contribution in [0.3, 0.4) is 0 Å². The number of H-pyrrole nitrogens is 1. The maximum Gasteiger partial charge on any atom is 0.408 e. The van der Waals surface area contributed by atoms with Crippen LogP contribution in [0, 0.1) is 6.92 Å². The van der Waals surface area contributed by atoms with E-state index < -0.39 is 12.2 Å². The smallest absolute Gasteiger partial charge is 0.345 e. The molecule has 0 bridgehead atoms. The molecule has 4 aromatic rings. The number of fused-ring (bicyclic) bond motifs is 2. The number of imidazole rings is 1. The Balaban J connectivity index is 1.74. The van der Waals surface area contributed by atoms with Crippen molar-refractivity contribution in [2.45, 2.75) is 46.0 Å². The summed E-state index contributed by atoms with van der Waals surface area (Å²) < 4.78 is 40.4. The zero-order chi connectivity index (χ0) is 20.9. The van der Waals surface area contributed by atoms with E-state index in [4.69, 9.17) is 0 Å². The molecular weight excluding hydrogens is 383 g/mol. The van der Waals surface area contributed by atoms with E-state index in [2.05, 4.69) is 48.7 Å². The van der Waals surface area contributed by atoms with Gasteiger partial charge in [0.25, 0.3) is 0 Å². The zero-order valence-corrected chi connectivity index (χ0v) is 16.3. The van der Waals surface area contributed by atoms with Crippen LogP contribution in [0.25, 0.3) is 33.3 Å². The number of rotatable bonds is 4. The molecule has 0 unspecified atom stereocenters. The fourth-order valence-corrected chi connectivity index (χ4v) is 3.38. The standard InChI is InChI=1S/C19H20F3N7/c1-9(2)29-11(4)27-17-15(29)5-12(6-23-17)13-7-24-16-14(13)8-25-18(28-16)26-10(3)19(20,21)22/h5-10H,1-4H3,(H2,24,25,26,28)/t10-/m0/s1. The molecule has 0 amide bonds. The number of hydrogen-bond acceptors (Lipinski definition) is 5. The molecule has 0 spiro atoms. The highest BCUT2D eigenvalue weighted by Gasteiger charge is 2.36. The van der Waals surface area contributed by atoms with Gasteiger partial charge in [0.1, 0.15) is 17.5 Å². The predicted octanol–water partition coefficient (Wildman–Crippen LogP) is 4.62. The first-order valence-corrected chi connectivity index (χ1v) is 9.17. The molecule has 29 heavy (non-hydrogen) atoms. The molecule has 0 radical (unpaired) electrons. The van der Waals surface area contributed by atoms with Crippen LogP contribution >= 0.6 is 0 Å². The number of aromatic nitrogens is 6. The van der Waals surface area contributed by atoms with E-state index in [1.165, 1.54) is 6.20 Å². The fraction of sp³-hybridized carbons (Fsp3) is 0.368. The van der Waals surface area contributed by atoms with Crippen LogP contribution in [0.5, 0.6) is 0 Å². The molecule has 4 heterocycles. The Labute approximate surface area is 164 Å². The Bertz CT molecular complexity index is 1190. The van der Waals surface area contributed by atoms with Gasteiger partial charge in [0, 0.05) is 41.1 Å². The molecule has 152 valence electrons. The van der Waals surface area contributed by atoms with E-state index in [9.17, 15) is 13.2 Å². The lowest BCUT2D eigenvalue weighted by Gasteiger charge is -2.16. The molecule has 1 atom stereocenters. The van der Waals surface area contributed by atoms with E-state index in [-0.39, 0.29) is 12.0 Å². The number of hydrogen-bond donors (Lipinski definition) is 2. The van der Waals surface area contributed by atoms with Gasteiger partial charge in [-0.25, -0.2) is 15.0 Å². The summed E-state index contributed by atoms with van der Waals surface area (Å²) in [6.45, 7) is 7.12. The maximum atomic E-state index is 12.8. The summed E-state index contributed by atoms with van der Waals surface area (Å²) in [5.41, 5.74) is 3.70. The molecule has 4 rings (SSSR count). The lowest BCUT2D eigenvalue weighted by molar-refractivity contribution is -0.138. The van der Waals surface area contributed by atoms with E-state index in [0.29, 0.717) is 16.7 Å². The molecule has 4 aromatic heterocycles. The normalized spacial score (nSPS) is 13.5. The Kier molecular flexibility index (Phi) is 4.44. The second kappa shape index (κ2) is 6.71. The maximum absolute atomic E-state index is 12.8. The van der Waals surface area contributed by atoms with Crippen molar-refractivity contribution in [1.29, 1.82) is 0 Å². The summed E-state index contributed by atoms with van der Waals surface area (Å²) in [4.78, 5) is 20.2. The van der Waals surface area contributed by atoms with Crippen molar-refractivity contribution in [2.75, 3.05) is 5.32 Å². The number of pyridine rings is 1. The lowest BCUT2D eigenvalue weighted by atomic mass is 10.1. The van der Waals surface area contributed by atoms with Gasteiger partial charge in [-0.1, -0.05) is 0 Å². The van der Waals surface area contributed by atoms with Gasteiger partial charge in [-0.15, -0.1) is 0 Å². The van der Waals surface area contributed by atoms with Crippen LogP contribution in [-0.2, 0) is 0 Å². The Hall–Kier alpha value is -3.17. The summed E-state index contributed by atoms with van der Waals surface area (Å²) >= 11 is 0. The monoisotopic (exact) mass is 403 g/mol. The second-order valence-corrected chi connectivity index (χ2v) is 7.26. The molecule has 10 heteroatoms. The molecule has 0 aliphatic heterocycles. The van der Waals surface area contributed by atoms with E-state index in [0.717, 1.165) is 29.4 Å². The third-order valence-electron chi connectivity index (χ3n) is 4.82. The summed E-state index contributed by atoms with van der Waals surface area (Å²) in [7, 11) is 0. The minimum atomic E-state index is -4.38. The van der Waals surface area contributed by atoms with Gasteiger partial charge >= 0.3 is 6.18 Å². The number of nitrogens with zero attached hydrogens (tertiary/aromatic N) is 5. The largest absolute Gasteiger partial charge is 0.408 e. The van der Waals surface area contributed by atoms with Gasteiger partial charge < -0.3 is 14.9 Å². The first kappa shape index (κ1) is 19.2. The minimum Gasteiger partial charge on any atom is -0.345 e. The zero-order valence-electron chi connectivity index (χ0n) is 16.3. The van der Waals surface area contributed by atoms with Crippen LogP contribution in [0.1, 0.15) is 32.6 Å². The van der Waals surface area contributed by atoms with Crippen LogP contribution in [0.4, 0.5) is 19.1 Å². The van der Waals surface area contributed by atoms with Crippen molar-refractivity contribution in [3.63, 3.8) is 0 Å². The molecule has 0 fully saturated rings. The quantitative estimate of drug-likeness (QED) is 0.519. The number of aromatic amines is 1. The number of halogens is 3. The van der Waals surface area contributed by atoms with Crippen molar-refractivity contribution in [2.24, 2.45) is 0 Å². The van der Waals surface area contributed by atoms with Gasteiger partial charge in [0.15, 0.2) is 5.65 Å². The minimum absolute atomic E-state index is 0.0854. The van der Waals surface area contributed by atoms with Crippen molar-refractivity contribution in [3.05, 3.63) is 30.5 Å². The Morgan fingerprint density at radius 2 is 1.86 bits per heavy atom. The highest BCUT2D eigenvalue weighted by molar-refractivity contribution is 5.95. The van der Waals surface area contributed by atoms with Crippen molar-refractivity contribution in [3.8, 4) is 11.1 Å². The van der Waals surface area contributed by atoms with E-state index in [1.807, 2.05) is 13.0 Å². The van der Waals surface area contributed by atoms with Crippen molar-refractivity contribution in [1.82, 2.24) is 29.5 Å². The van der Waals surface area contributed by atoms with Crippen molar-refractivity contribution >= 4 is 28.1 Å². The summed E-state index contributed by atoms with van der Waals surface area (Å²) in [6.07, 6.45) is 0.606. The van der Waals surface area contributed by atoms with Gasteiger partial charge in [-0.3, -0.25) is 0 Å². The average Bonchev–Trinajstić information content (AvgIpc) is 3.19. The van der Waals surface area contributed by atoms with Crippen LogP contribution in [-0.4, -0.2) is 41.7 Å². The van der Waals surface area contributed by atoms with Gasteiger partial charge in [-0.05, 0) is 33.8 Å². The lowest BCUT2D eigenvalue weighted by Crippen LogP contribution is -2.33. The van der Waals surface area contributed by atoms with E-state index >= 15 is 0 Å². The fourth-order valence-electron chi connectivity index (χ4n) is 3.38. The highest BCUT2D eigenvalue weighted by atomic mass is 19.4. The third-order valence-corrected chi connectivity index (χ3v) is 4.82. The third kappa shape index (κ3) is 3.39. The number of anilines is 1. The SMILES string of the molecule is Cc1nc2ncc(-c3c[nH]c4nc(N[C@@H](C)C(F)(F)F)ncc34)cc2n1C(C)C.